The maximum absolute atomic E-state index is 11.0. The van der Waals surface area contributed by atoms with E-state index in [-0.39, 0.29) is 18.8 Å². The summed E-state index contributed by atoms with van der Waals surface area (Å²) in [5.41, 5.74) is 0. The fourth-order valence-corrected chi connectivity index (χ4v) is 3.29. The standard InChI is InChI=1S/C9H16O4S/c10-9(14(11,12)13)5-1-2-8(6-9)7-3-4-7/h7-8,10H,1-6H2,(H,11,12,13). The fraction of sp³-hybridized carbons (Fsp3) is 1.00. The summed E-state index contributed by atoms with van der Waals surface area (Å²) in [6, 6.07) is 0. The molecule has 82 valence electrons. The van der Waals surface area contributed by atoms with Gasteiger partial charge in [-0.15, -0.1) is 0 Å². The van der Waals surface area contributed by atoms with Gasteiger partial charge in [0.1, 0.15) is 0 Å². The van der Waals surface area contributed by atoms with Crippen molar-refractivity contribution in [3.05, 3.63) is 0 Å². The van der Waals surface area contributed by atoms with Crippen molar-refractivity contribution in [1.82, 2.24) is 0 Å². The van der Waals surface area contributed by atoms with Crippen LogP contribution in [0.5, 0.6) is 0 Å². The van der Waals surface area contributed by atoms with Crippen molar-refractivity contribution in [2.24, 2.45) is 11.8 Å². The highest BCUT2D eigenvalue weighted by atomic mass is 32.2. The Labute approximate surface area is 84.1 Å². The summed E-state index contributed by atoms with van der Waals surface area (Å²) in [5, 5.41) is 9.82. The molecule has 14 heavy (non-hydrogen) atoms. The Morgan fingerprint density at radius 2 is 1.79 bits per heavy atom. The van der Waals surface area contributed by atoms with Gasteiger partial charge in [0, 0.05) is 0 Å². The summed E-state index contributed by atoms with van der Waals surface area (Å²) >= 11 is 0. The first-order valence-electron chi connectivity index (χ1n) is 5.12. The third-order valence-corrected chi connectivity index (χ3v) is 4.82. The quantitative estimate of drug-likeness (QED) is 0.685. The third-order valence-electron chi connectivity index (χ3n) is 3.49. The SMILES string of the molecule is O=S(=O)(O)C1(O)CCCC(C2CC2)C1. The van der Waals surface area contributed by atoms with Crippen molar-refractivity contribution in [2.45, 2.75) is 43.5 Å². The summed E-state index contributed by atoms with van der Waals surface area (Å²) in [5.74, 6) is 0.874. The molecule has 2 atom stereocenters. The van der Waals surface area contributed by atoms with Crippen LogP contribution in [0.1, 0.15) is 38.5 Å². The maximum Gasteiger partial charge on any atom is 0.294 e. The second-order valence-corrected chi connectivity index (χ2v) is 6.33. The molecule has 0 aliphatic heterocycles. The molecule has 2 aliphatic rings. The average Bonchev–Trinajstić information content (AvgIpc) is 2.84. The van der Waals surface area contributed by atoms with Crippen LogP contribution in [-0.4, -0.2) is 23.0 Å². The van der Waals surface area contributed by atoms with Gasteiger partial charge in [0.15, 0.2) is 4.93 Å². The van der Waals surface area contributed by atoms with Crippen molar-refractivity contribution in [2.75, 3.05) is 0 Å². The van der Waals surface area contributed by atoms with Crippen LogP contribution in [0.15, 0.2) is 0 Å². The van der Waals surface area contributed by atoms with Crippen molar-refractivity contribution in [1.29, 1.82) is 0 Å². The molecule has 0 spiro atoms. The second kappa shape index (κ2) is 3.18. The Kier molecular flexibility index (Phi) is 2.36. The summed E-state index contributed by atoms with van der Waals surface area (Å²) in [6.45, 7) is 0. The van der Waals surface area contributed by atoms with Gasteiger partial charge in [-0.25, -0.2) is 0 Å². The van der Waals surface area contributed by atoms with Gasteiger partial charge < -0.3 is 5.11 Å². The lowest BCUT2D eigenvalue weighted by Crippen LogP contribution is -2.43. The smallest absolute Gasteiger partial charge is 0.294 e. The molecular formula is C9H16O4S. The van der Waals surface area contributed by atoms with Gasteiger partial charge in [-0.1, -0.05) is 0 Å². The molecule has 2 rings (SSSR count). The zero-order chi connectivity index (χ0) is 10.4. The van der Waals surface area contributed by atoms with Gasteiger partial charge in [-0.3, -0.25) is 4.55 Å². The minimum absolute atomic E-state index is 0.176. The van der Waals surface area contributed by atoms with E-state index in [0.29, 0.717) is 12.3 Å². The van der Waals surface area contributed by atoms with E-state index in [2.05, 4.69) is 0 Å². The zero-order valence-corrected chi connectivity index (χ0v) is 8.83. The topological polar surface area (TPSA) is 74.6 Å². The molecule has 2 aliphatic carbocycles. The van der Waals surface area contributed by atoms with E-state index >= 15 is 0 Å². The first-order valence-corrected chi connectivity index (χ1v) is 6.56. The third kappa shape index (κ3) is 1.81. The average molecular weight is 220 g/mol. The van der Waals surface area contributed by atoms with E-state index in [9.17, 15) is 13.5 Å². The summed E-state index contributed by atoms with van der Waals surface area (Å²) in [6.07, 6.45) is 4.37. The molecule has 0 heterocycles. The van der Waals surface area contributed by atoms with E-state index < -0.39 is 15.1 Å². The molecule has 0 radical (unpaired) electrons. The van der Waals surface area contributed by atoms with Crippen molar-refractivity contribution in [3.8, 4) is 0 Å². The summed E-state index contributed by atoms with van der Waals surface area (Å²) < 4.78 is 30.9. The van der Waals surface area contributed by atoms with Crippen molar-refractivity contribution < 1.29 is 18.1 Å². The van der Waals surface area contributed by atoms with Gasteiger partial charge in [0.05, 0.1) is 0 Å². The lowest BCUT2D eigenvalue weighted by atomic mass is 9.83. The van der Waals surface area contributed by atoms with Gasteiger partial charge >= 0.3 is 0 Å². The first-order chi connectivity index (χ1) is 6.42. The van der Waals surface area contributed by atoms with Crippen LogP contribution < -0.4 is 0 Å². The molecule has 2 saturated carbocycles. The van der Waals surface area contributed by atoms with E-state index in [1.54, 1.807) is 0 Å². The molecule has 0 amide bonds. The molecule has 0 aromatic rings. The molecular weight excluding hydrogens is 204 g/mol. The Morgan fingerprint density at radius 3 is 2.29 bits per heavy atom. The molecule has 2 N–H and O–H groups in total. The van der Waals surface area contributed by atoms with Crippen LogP contribution in [-0.2, 0) is 10.1 Å². The van der Waals surface area contributed by atoms with Crippen LogP contribution in [0.25, 0.3) is 0 Å². The van der Waals surface area contributed by atoms with Crippen LogP contribution in [0.3, 0.4) is 0 Å². The number of rotatable bonds is 2. The highest BCUT2D eigenvalue weighted by Gasteiger charge is 2.48. The lowest BCUT2D eigenvalue weighted by molar-refractivity contribution is 0.0445. The lowest BCUT2D eigenvalue weighted by Gasteiger charge is -2.34. The van der Waals surface area contributed by atoms with Crippen LogP contribution in [0.2, 0.25) is 0 Å². The highest BCUT2D eigenvalue weighted by molar-refractivity contribution is 7.87. The fourth-order valence-electron chi connectivity index (χ4n) is 2.46. The Hall–Kier alpha value is -0.130. The van der Waals surface area contributed by atoms with Crippen LogP contribution in [0, 0.1) is 11.8 Å². The van der Waals surface area contributed by atoms with E-state index in [0.717, 1.165) is 19.3 Å². The van der Waals surface area contributed by atoms with Gasteiger partial charge in [-0.05, 0) is 50.4 Å². The molecule has 0 aromatic heterocycles. The van der Waals surface area contributed by atoms with E-state index in [4.69, 9.17) is 4.55 Å². The highest BCUT2D eigenvalue weighted by Crippen LogP contribution is 2.47. The monoisotopic (exact) mass is 220 g/mol. The van der Waals surface area contributed by atoms with E-state index in [1.165, 1.54) is 0 Å². The minimum Gasteiger partial charge on any atom is -0.372 e. The van der Waals surface area contributed by atoms with Crippen LogP contribution >= 0.6 is 0 Å². The van der Waals surface area contributed by atoms with Gasteiger partial charge in [-0.2, -0.15) is 8.42 Å². The van der Waals surface area contributed by atoms with E-state index in [1.807, 2.05) is 0 Å². The molecule has 2 unspecified atom stereocenters. The molecule has 0 saturated heterocycles. The van der Waals surface area contributed by atoms with Gasteiger partial charge in [0.25, 0.3) is 10.1 Å². The van der Waals surface area contributed by atoms with Gasteiger partial charge in [0.2, 0.25) is 0 Å². The van der Waals surface area contributed by atoms with Crippen LogP contribution in [0.4, 0.5) is 0 Å². The molecule has 2 fully saturated rings. The Balaban J connectivity index is 2.12. The molecule has 0 aromatic carbocycles. The number of hydrogen-bond donors (Lipinski definition) is 2. The second-order valence-electron chi connectivity index (χ2n) is 4.62. The zero-order valence-electron chi connectivity index (χ0n) is 8.02. The molecule has 4 nitrogen and oxygen atoms in total. The largest absolute Gasteiger partial charge is 0.372 e. The maximum atomic E-state index is 11.0. The molecule has 5 heteroatoms. The first kappa shape index (κ1) is 10.4. The Morgan fingerprint density at radius 1 is 1.14 bits per heavy atom. The number of aliphatic hydroxyl groups is 1. The van der Waals surface area contributed by atoms with Crippen molar-refractivity contribution in [3.63, 3.8) is 0 Å². The Bertz CT molecular complexity index is 320. The number of hydrogen-bond acceptors (Lipinski definition) is 3. The molecule has 0 bridgehead atoms. The summed E-state index contributed by atoms with van der Waals surface area (Å²) in [7, 11) is -4.31. The predicted molar refractivity (Wildman–Crippen MR) is 51.2 cm³/mol. The predicted octanol–water partition coefficient (Wildman–Crippen LogP) is 1.16. The minimum atomic E-state index is -4.31. The van der Waals surface area contributed by atoms with Crippen molar-refractivity contribution >= 4 is 10.1 Å². The summed E-state index contributed by atoms with van der Waals surface area (Å²) in [4.78, 5) is -1.86. The normalized spacial score (nSPS) is 39.7.